The second-order valence-corrected chi connectivity index (χ2v) is 8.00. The molecule has 1 aliphatic carbocycles. The molecule has 1 fully saturated rings. The van der Waals surface area contributed by atoms with Crippen molar-refractivity contribution in [3.63, 3.8) is 0 Å². The fourth-order valence-electron chi connectivity index (χ4n) is 4.34. The minimum Gasteiger partial charge on any atom is -0.480 e. The Labute approximate surface area is 186 Å². The fraction of sp³-hybridized carbons (Fsp3) is 0.375. The van der Waals surface area contributed by atoms with Crippen molar-refractivity contribution in [3.05, 3.63) is 59.7 Å². The molecule has 0 radical (unpaired) electrons. The van der Waals surface area contributed by atoms with Gasteiger partial charge in [-0.2, -0.15) is 0 Å². The average Bonchev–Trinajstić information content (AvgIpc) is 3.07. The van der Waals surface area contributed by atoms with E-state index in [-0.39, 0.29) is 31.4 Å². The van der Waals surface area contributed by atoms with E-state index in [4.69, 9.17) is 14.6 Å². The van der Waals surface area contributed by atoms with E-state index in [9.17, 15) is 14.4 Å². The Morgan fingerprint density at radius 2 is 1.72 bits per heavy atom. The summed E-state index contributed by atoms with van der Waals surface area (Å²) in [6.45, 7) is 0.709. The van der Waals surface area contributed by atoms with E-state index < -0.39 is 24.2 Å². The monoisotopic (exact) mass is 438 g/mol. The van der Waals surface area contributed by atoms with Gasteiger partial charge in [-0.15, -0.1) is 0 Å². The summed E-state index contributed by atoms with van der Waals surface area (Å²) in [4.78, 5) is 37.1. The second kappa shape index (κ2) is 9.40. The molecule has 2 aromatic rings. The van der Waals surface area contributed by atoms with Gasteiger partial charge in [-0.1, -0.05) is 48.5 Å². The number of amides is 2. The highest BCUT2D eigenvalue weighted by Gasteiger charge is 2.38. The number of likely N-dealkylation sites (tertiary alicyclic amines) is 1. The van der Waals surface area contributed by atoms with Crippen LogP contribution in [-0.2, 0) is 19.1 Å². The molecule has 2 aromatic carbocycles. The smallest absolute Gasteiger partial charge is 0.407 e. The maximum absolute atomic E-state index is 12.3. The molecule has 1 heterocycles. The molecule has 2 atom stereocenters. The number of nitrogens with one attached hydrogen (secondary N) is 1. The summed E-state index contributed by atoms with van der Waals surface area (Å²) in [6.07, 6.45) is -0.715. The minimum atomic E-state index is -1.00. The molecule has 0 aromatic heterocycles. The van der Waals surface area contributed by atoms with Crippen LogP contribution in [0.4, 0.5) is 4.79 Å². The van der Waals surface area contributed by atoms with Crippen LogP contribution in [0.15, 0.2) is 48.5 Å². The highest BCUT2D eigenvalue weighted by molar-refractivity contribution is 5.85. The number of carboxylic acid groups (broad SMARTS) is 1. The van der Waals surface area contributed by atoms with Crippen molar-refractivity contribution in [1.29, 1.82) is 0 Å². The molecule has 4 rings (SSSR count). The number of ether oxygens (including phenoxy) is 2. The lowest BCUT2D eigenvalue weighted by atomic mass is 9.98. The Kier molecular flexibility index (Phi) is 6.41. The van der Waals surface area contributed by atoms with Crippen LogP contribution in [0.25, 0.3) is 11.1 Å². The van der Waals surface area contributed by atoms with Crippen molar-refractivity contribution in [2.45, 2.75) is 30.9 Å². The van der Waals surface area contributed by atoms with Crippen LogP contribution in [0, 0.1) is 0 Å². The summed E-state index contributed by atoms with van der Waals surface area (Å²) in [6, 6.07) is 15.4. The van der Waals surface area contributed by atoms with Gasteiger partial charge in [0.25, 0.3) is 0 Å². The molecule has 0 bridgehead atoms. The number of carboxylic acids is 1. The van der Waals surface area contributed by atoms with Gasteiger partial charge >= 0.3 is 12.1 Å². The number of hydrogen-bond acceptors (Lipinski definition) is 5. The van der Waals surface area contributed by atoms with Crippen molar-refractivity contribution < 1.29 is 29.0 Å². The van der Waals surface area contributed by atoms with Crippen molar-refractivity contribution in [2.24, 2.45) is 0 Å². The summed E-state index contributed by atoms with van der Waals surface area (Å²) in [5, 5.41) is 11.7. The van der Waals surface area contributed by atoms with Crippen LogP contribution in [-0.4, -0.2) is 66.9 Å². The summed E-state index contributed by atoms with van der Waals surface area (Å²) in [5.74, 6) is -1.34. The molecule has 2 N–H and O–H groups in total. The Bertz CT molecular complexity index is 978. The zero-order valence-corrected chi connectivity index (χ0v) is 17.8. The topological polar surface area (TPSA) is 105 Å². The predicted molar refractivity (Wildman–Crippen MR) is 116 cm³/mol. The van der Waals surface area contributed by atoms with E-state index in [1.165, 1.54) is 12.0 Å². The van der Waals surface area contributed by atoms with Crippen molar-refractivity contribution in [2.75, 3.05) is 26.8 Å². The lowest BCUT2D eigenvalue weighted by molar-refractivity contribution is -0.158. The van der Waals surface area contributed by atoms with Gasteiger partial charge in [-0.05, 0) is 28.7 Å². The van der Waals surface area contributed by atoms with Gasteiger partial charge in [-0.25, -0.2) is 9.59 Å². The van der Waals surface area contributed by atoms with Gasteiger partial charge in [0.15, 0.2) is 0 Å². The highest BCUT2D eigenvalue weighted by atomic mass is 16.5. The summed E-state index contributed by atoms with van der Waals surface area (Å²) in [7, 11) is 1.45. The first-order valence-electron chi connectivity index (χ1n) is 10.6. The Morgan fingerprint density at radius 3 is 2.25 bits per heavy atom. The van der Waals surface area contributed by atoms with Crippen LogP contribution >= 0.6 is 0 Å². The molecule has 0 saturated carbocycles. The molecule has 168 valence electrons. The van der Waals surface area contributed by atoms with E-state index in [2.05, 4.69) is 17.4 Å². The lowest BCUT2D eigenvalue weighted by Gasteiger charge is -2.38. The predicted octanol–water partition coefficient (Wildman–Crippen LogP) is 2.62. The van der Waals surface area contributed by atoms with E-state index in [0.717, 1.165) is 22.3 Å². The number of carbonyl (C=O) groups is 3. The third-order valence-corrected chi connectivity index (χ3v) is 6.18. The van der Waals surface area contributed by atoms with Crippen LogP contribution in [0.2, 0.25) is 0 Å². The molecule has 32 heavy (non-hydrogen) atoms. The van der Waals surface area contributed by atoms with Gasteiger partial charge in [0.05, 0.1) is 12.5 Å². The molecule has 2 amide bonds. The third kappa shape index (κ3) is 4.31. The number of methoxy groups -OCH3 is 1. The summed E-state index contributed by atoms with van der Waals surface area (Å²) >= 11 is 0. The van der Waals surface area contributed by atoms with Crippen molar-refractivity contribution in [3.8, 4) is 11.1 Å². The number of alkyl carbamates (subject to hydrolysis) is 1. The molecule has 8 heteroatoms. The minimum absolute atomic E-state index is 0.00998. The van der Waals surface area contributed by atoms with E-state index in [0.29, 0.717) is 13.0 Å². The lowest BCUT2D eigenvalue weighted by Crippen LogP contribution is -2.56. The maximum atomic E-state index is 12.3. The standard InChI is InChI=1S/C24H26N2O6/c1-31-15(12-22(27)26-11-10-21(26)23(28)29)13-25-24(30)32-14-20-18-8-4-2-6-16(18)17-7-3-5-9-19(17)20/h2-9,15,20-21H,10-14H2,1H3,(H,25,30)(H,28,29). The number of nitrogens with zero attached hydrogens (tertiary/aromatic N) is 1. The number of fused-ring (bicyclic) bond motifs is 3. The van der Waals surface area contributed by atoms with E-state index >= 15 is 0 Å². The summed E-state index contributed by atoms with van der Waals surface area (Å²) < 4.78 is 10.8. The number of carbonyl (C=O) groups excluding carboxylic acids is 2. The average molecular weight is 438 g/mol. The molecule has 1 saturated heterocycles. The van der Waals surface area contributed by atoms with E-state index in [1.807, 2.05) is 36.4 Å². The van der Waals surface area contributed by atoms with Gasteiger partial charge in [-0.3, -0.25) is 4.79 Å². The first-order valence-corrected chi connectivity index (χ1v) is 10.6. The maximum Gasteiger partial charge on any atom is 0.407 e. The summed E-state index contributed by atoms with van der Waals surface area (Å²) in [5.41, 5.74) is 4.57. The molecular formula is C24H26N2O6. The van der Waals surface area contributed by atoms with Crippen LogP contribution < -0.4 is 5.32 Å². The first kappa shape index (κ1) is 21.8. The molecule has 2 aliphatic rings. The SMILES string of the molecule is COC(CNC(=O)OCC1c2ccccc2-c2ccccc21)CC(=O)N1CCC1C(=O)O. The molecular weight excluding hydrogens is 412 g/mol. The fourth-order valence-corrected chi connectivity index (χ4v) is 4.34. The van der Waals surface area contributed by atoms with Crippen LogP contribution in [0.3, 0.4) is 0 Å². The van der Waals surface area contributed by atoms with Gasteiger partial charge in [0.1, 0.15) is 12.6 Å². The molecule has 8 nitrogen and oxygen atoms in total. The largest absolute Gasteiger partial charge is 0.480 e. The highest BCUT2D eigenvalue weighted by Crippen LogP contribution is 2.44. The normalized spacial score (nSPS) is 17.7. The van der Waals surface area contributed by atoms with Gasteiger partial charge in [0.2, 0.25) is 5.91 Å². The zero-order chi connectivity index (χ0) is 22.7. The van der Waals surface area contributed by atoms with Crippen molar-refractivity contribution in [1.82, 2.24) is 10.2 Å². The number of rotatable bonds is 8. The second-order valence-electron chi connectivity index (χ2n) is 8.00. The van der Waals surface area contributed by atoms with Crippen LogP contribution in [0.1, 0.15) is 29.9 Å². The Balaban J connectivity index is 1.29. The van der Waals surface area contributed by atoms with E-state index in [1.54, 1.807) is 0 Å². The molecule has 0 spiro atoms. The van der Waals surface area contributed by atoms with Gasteiger partial charge in [0, 0.05) is 26.1 Å². The Morgan fingerprint density at radius 1 is 1.09 bits per heavy atom. The Hall–Kier alpha value is -3.39. The molecule has 2 unspecified atom stereocenters. The third-order valence-electron chi connectivity index (χ3n) is 6.18. The zero-order valence-electron chi connectivity index (χ0n) is 17.8. The molecule has 1 aliphatic heterocycles. The van der Waals surface area contributed by atoms with Crippen LogP contribution in [0.5, 0.6) is 0 Å². The number of benzene rings is 2. The number of aliphatic carboxylic acids is 1. The van der Waals surface area contributed by atoms with Gasteiger partial charge < -0.3 is 24.8 Å². The quantitative estimate of drug-likeness (QED) is 0.657. The van der Waals surface area contributed by atoms with Crippen molar-refractivity contribution >= 4 is 18.0 Å². The number of hydrogen-bond donors (Lipinski definition) is 2. The first-order chi connectivity index (χ1) is 15.5.